The molecule has 0 bridgehead atoms. The molecule has 0 aromatic heterocycles. The zero-order valence-corrected chi connectivity index (χ0v) is 13.6. The highest BCUT2D eigenvalue weighted by atomic mass is 35.5. The van der Waals surface area contributed by atoms with Gasteiger partial charge in [-0.15, -0.1) is 0 Å². The van der Waals surface area contributed by atoms with Gasteiger partial charge in [-0.3, -0.25) is 0 Å². The van der Waals surface area contributed by atoms with Crippen molar-refractivity contribution in [3.05, 3.63) is 63.9 Å². The van der Waals surface area contributed by atoms with Gasteiger partial charge in [-0.2, -0.15) is 0 Å². The quantitative estimate of drug-likeness (QED) is 0.791. The lowest BCUT2D eigenvalue weighted by Gasteiger charge is -2.14. The van der Waals surface area contributed by atoms with Crippen LogP contribution in [0.15, 0.2) is 36.4 Å². The van der Waals surface area contributed by atoms with Crippen LogP contribution in [0.3, 0.4) is 0 Å². The summed E-state index contributed by atoms with van der Waals surface area (Å²) >= 11 is 5.59. The van der Waals surface area contributed by atoms with E-state index in [1.807, 2.05) is 26.0 Å². The molecule has 0 saturated carbocycles. The molecule has 0 aliphatic heterocycles. The van der Waals surface area contributed by atoms with Crippen molar-refractivity contribution < 1.29 is 14.3 Å². The SMILES string of the molecule is Cc1cccc(NC(=O)NCC(O)c2ccc(Cl)c(F)c2)c1C. The number of rotatable bonds is 4. The molecule has 23 heavy (non-hydrogen) atoms. The molecule has 3 N–H and O–H groups in total. The lowest BCUT2D eigenvalue weighted by Crippen LogP contribution is -2.32. The zero-order valence-electron chi connectivity index (χ0n) is 12.9. The largest absolute Gasteiger partial charge is 0.387 e. The summed E-state index contributed by atoms with van der Waals surface area (Å²) in [5.41, 5.74) is 3.09. The molecular formula is C17H18ClFN2O2. The Morgan fingerprint density at radius 1 is 1.30 bits per heavy atom. The van der Waals surface area contributed by atoms with Gasteiger partial charge in [-0.25, -0.2) is 9.18 Å². The number of benzene rings is 2. The Morgan fingerprint density at radius 3 is 2.74 bits per heavy atom. The highest BCUT2D eigenvalue weighted by Gasteiger charge is 2.12. The maximum atomic E-state index is 13.4. The minimum absolute atomic E-state index is 0.0124. The van der Waals surface area contributed by atoms with Gasteiger partial charge in [0.15, 0.2) is 0 Å². The third-order valence-electron chi connectivity index (χ3n) is 3.64. The average Bonchev–Trinajstić information content (AvgIpc) is 2.52. The fraction of sp³-hybridized carbons (Fsp3) is 0.235. The van der Waals surface area contributed by atoms with Crippen molar-refractivity contribution in [2.24, 2.45) is 0 Å². The normalized spacial score (nSPS) is 11.9. The first-order chi connectivity index (χ1) is 10.9. The summed E-state index contributed by atoms with van der Waals surface area (Å²) in [6, 6.07) is 9.20. The lowest BCUT2D eigenvalue weighted by molar-refractivity contribution is 0.174. The van der Waals surface area contributed by atoms with E-state index in [1.54, 1.807) is 6.07 Å². The maximum absolute atomic E-state index is 13.4. The van der Waals surface area contributed by atoms with Crippen molar-refractivity contribution >= 4 is 23.3 Å². The molecule has 4 nitrogen and oxygen atoms in total. The first-order valence-electron chi connectivity index (χ1n) is 7.12. The van der Waals surface area contributed by atoms with Crippen LogP contribution in [0.2, 0.25) is 5.02 Å². The van der Waals surface area contributed by atoms with E-state index >= 15 is 0 Å². The van der Waals surface area contributed by atoms with E-state index in [1.165, 1.54) is 12.1 Å². The average molecular weight is 337 g/mol. The van der Waals surface area contributed by atoms with Gasteiger partial charge in [0.1, 0.15) is 5.82 Å². The minimum atomic E-state index is -1.02. The number of amides is 2. The summed E-state index contributed by atoms with van der Waals surface area (Å²) in [6.45, 7) is 3.82. The van der Waals surface area contributed by atoms with Gasteiger partial charge in [0.2, 0.25) is 0 Å². The number of carbonyl (C=O) groups excluding carboxylic acids is 1. The van der Waals surface area contributed by atoms with E-state index in [0.29, 0.717) is 11.3 Å². The highest BCUT2D eigenvalue weighted by molar-refractivity contribution is 6.30. The molecule has 0 aliphatic carbocycles. The Balaban J connectivity index is 1.93. The molecule has 2 aromatic rings. The molecule has 0 aliphatic rings. The van der Waals surface area contributed by atoms with E-state index in [9.17, 15) is 14.3 Å². The highest BCUT2D eigenvalue weighted by Crippen LogP contribution is 2.20. The summed E-state index contributed by atoms with van der Waals surface area (Å²) in [7, 11) is 0. The Morgan fingerprint density at radius 2 is 2.04 bits per heavy atom. The number of carbonyl (C=O) groups is 1. The second-order valence-corrected chi connectivity index (χ2v) is 5.68. The molecule has 0 fully saturated rings. The number of urea groups is 1. The van der Waals surface area contributed by atoms with Crippen LogP contribution < -0.4 is 10.6 Å². The number of anilines is 1. The molecule has 2 amide bonds. The van der Waals surface area contributed by atoms with Crippen LogP contribution in [0.1, 0.15) is 22.8 Å². The first-order valence-corrected chi connectivity index (χ1v) is 7.50. The van der Waals surface area contributed by atoms with Gasteiger partial charge in [-0.05, 0) is 48.7 Å². The molecule has 0 spiro atoms. The predicted octanol–water partition coefficient (Wildman–Crippen LogP) is 3.95. The smallest absolute Gasteiger partial charge is 0.319 e. The fourth-order valence-electron chi connectivity index (χ4n) is 2.08. The molecule has 2 rings (SSSR count). The van der Waals surface area contributed by atoms with E-state index < -0.39 is 18.0 Å². The van der Waals surface area contributed by atoms with Gasteiger partial charge in [0.05, 0.1) is 11.1 Å². The second kappa shape index (κ2) is 7.44. The first kappa shape index (κ1) is 17.2. The third-order valence-corrected chi connectivity index (χ3v) is 3.94. The Hall–Kier alpha value is -2.11. The standard InChI is InChI=1S/C17H18ClFN2O2/c1-10-4-3-5-15(11(10)2)21-17(23)20-9-16(22)12-6-7-13(18)14(19)8-12/h3-8,16,22H,9H2,1-2H3,(H2,20,21,23). The maximum Gasteiger partial charge on any atom is 0.319 e. The van der Waals surface area contributed by atoms with Crippen molar-refractivity contribution in [3.8, 4) is 0 Å². The van der Waals surface area contributed by atoms with E-state index in [0.717, 1.165) is 17.2 Å². The van der Waals surface area contributed by atoms with Crippen molar-refractivity contribution in [2.45, 2.75) is 20.0 Å². The summed E-state index contributed by atoms with van der Waals surface area (Å²) in [5.74, 6) is -0.608. The summed E-state index contributed by atoms with van der Waals surface area (Å²) < 4.78 is 13.4. The molecule has 122 valence electrons. The van der Waals surface area contributed by atoms with Crippen LogP contribution in [0.4, 0.5) is 14.9 Å². The van der Waals surface area contributed by atoms with E-state index in [2.05, 4.69) is 10.6 Å². The topological polar surface area (TPSA) is 61.4 Å². The molecule has 1 unspecified atom stereocenters. The number of hydrogen-bond donors (Lipinski definition) is 3. The van der Waals surface area contributed by atoms with Gasteiger partial charge in [-0.1, -0.05) is 29.8 Å². The molecule has 6 heteroatoms. The predicted molar refractivity (Wildman–Crippen MR) is 89.3 cm³/mol. The van der Waals surface area contributed by atoms with Gasteiger partial charge in [0.25, 0.3) is 0 Å². The second-order valence-electron chi connectivity index (χ2n) is 5.27. The van der Waals surface area contributed by atoms with Gasteiger partial charge in [0, 0.05) is 12.2 Å². The van der Waals surface area contributed by atoms with Crippen LogP contribution in [-0.4, -0.2) is 17.7 Å². The molecule has 0 heterocycles. The number of aliphatic hydroxyl groups excluding tert-OH is 1. The summed E-state index contributed by atoms with van der Waals surface area (Å²) in [5, 5.41) is 15.3. The minimum Gasteiger partial charge on any atom is -0.387 e. The van der Waals surface area contributed by atoms with Crippen molar-refractivity contribution in [1.82, 2.24) is 5.32 Å². The van der Waals surface area contributed by atoms with Crippen molar-refractivity contribution in [1.29, 1.82) is 0 Å². The molecule has 1 atom stereocenters. The number of nitrogens with one attached hydrogen (secondary N) is 2. The molecule has 0 saturated heterocycles. The summed E-state index contributed by atoms with van der Waals surface area (Å²) in [4.78, 5) is 11.9. The monoisotopic (exact) mass is 336 g/mol. The third kappa shape index (κ3) is 4.43. The zero-order chi connectivity index (χ0) is 17.0. The molecule has 0 radical (unpaired) electrons. The Labute approximate surface area is 139 Å². The van der Waals surface area contributed by atoms with E-state index in [4.69, 9.17) is 11.6 Å². The van der Waals surface area contributed by atoms with E-state index in [-0.39, 0.29) is 11.6 Å². The summed E-state index contributed by atoms with van der Waals surface area (Å²) in [6.07, 6.45) is -1.02. The van der Waals surface area contributed by atoms with Crippen LogP contribution in [0, 0.1) is 19.7 Å². The lowest BCUT2D eigenvalue weighted by atomic mass is 10.1. The van der Waals surface area contributed by atoms with Crippen LogP contribution in [-0.2, 0) is 0 Å². The van der Waals surface area contributed by atoms with Gasteiger partial charge < -0.3 is 15.7 Å². The fourth-order valence-corrected chi connectivity index (χ4v) is 2.20. The van der Waals surface area contributed by atoms with Gasteiger partial charge >= 0.3 is 6.03 Å². The molecule has 2 aromatic carbocycles. The number of aryl methyl sites for hydroxylation is 1. The number of halogens is 2. The Bertz CT molecular complexity index is 722. The number of hydrogen-bond acceptors (Lipinski definition) is 2. The van der Waals surface area contributed by atoms with Crippen LogP contribution in [0.5, 0.6) is 0 Å². The van der Waals surface area contributed by atoms with Crippen molar-refractivity contribution in [2.75, 3.05) is 11.9 Å². The van der Waals surface area contributed by atoms with Crippen LogP contribution in [0.25, 0.3) is 0 Å². The molecular weight excluding hydrogens is 319 g/mol. The Kier molecular flexibility index (Phi) is 5.58. The van der Waals surface area contributed by atoms with Crippen molar-refractivity contribution in [3.63, 3.8) is 0 Å². The number of aliphatic hydroxyl groups is 1. The van der Waals surface area contributed by atoms with Crippen LogP contribution >= 0.6 is 11.6 Å².